The van der Waals surface area contributed by atoms with E-state index < -0.39 is 18.0 Å². The molecule has 29 heavy (non-hydrogen) atoms. The summed E-state index contributed by atoms with van der Waals surface area (Å²) in [7, 11) is 0. The maximum atomic E-state index is 12.6. The monoisotopic (exact) mass is 395 g/mol. The number of carbonyl (C=O) groups excluding carboxylic acids is 2. The van der Waals surface area contributed by atoms with Crippen molar-refractivity contribution in [3.63, 3.8) is 0 Å². The molecule has 1 aromatic heterocycles. The predicted molar refractivity (Wildman–Crippen MR) is 98.4 cm³/mol. The third kappa shape index (κ3) is 4.00. The largest absolute Gasteiger partial charge is 0.454 e. The Bertz CT molecular complexity index is 1040. The van der Waals surface area contributed by atoms with Crippen LogP contribution in [0.2, 0.25) is 0 Å². The maximum Gasteiger partial charge on any atom is 0.341 e. The van der Waals surface area contributed by atoms with Crippen LogP contribution in [-0.2, 0) is 16.1 Å². The van der Waals surface area contributed by atoms with Crippen LogP contribution in [-0.4, -0.2) is 45.0 Å². The number of aromatic nitrogens is 4. The summed E-state index contributed by atoms with van der Waals surface area (Å²) < 4.78 is 17.2. The first-order valence-corrected chi connectivity index (χ1v) is 8.81. The van der Waals surface area contributed by atoms with E-state index in [1.807, 2.05) is 6.07 Å². The fraction of sp³-hybridized carbons (Fsp3) is 0.211. The van der Waals surface area contributed by atoms with E-state index >= 15 is 0 Å². The van der Waals surface area contributed by atoms with Crippen molar-refractivity contribution in [2.24, 2.45) is 0 Å². The average molecular weight is 395 g/mol. The van der Waals surface area contributed by atoms with Gasteiger partial charge in [-0.25, -0.2) is 4.79 Å². The van der Waals surface area contributed by atoms with Gasteiger partial charge in [-0.1, -0.05) is 18.2 Å². The summed E-state index contributed by atoms with van der Waals surface area (Å²) in [6, 6.07) is 12.1. The van der Waals surface area contributed by atoms with E-state index in [9.17, 15) is 9.59 Å². The molecule has 0 spiro atoms. The molecule has 1 atom stereocenters. The van der Waals surface area contributed by atoms with Gasteiger partial charge in [0.1, 0.15) is 6.33 Å². The highest BCUT2D eigenvalue weighted by Gasteiger charge is 2.22. The Labute approximate surface area is 165 Å². The highest BCUT2D eigenvalue weighted by atomic mass is 16.7. The quantitative estimate of drug-likeness (QED) is 0.620. The molecule has 0 fully saturated rings. The molecule has 4 rings (SSSR count). The Balaban J connectivity index is 1.37. The standard InChI is InChI=1S/C19H17N5O5/c1-12(18(25)20-9-13-6-7-16-17(8-13)28-11-27-16)29-19(26)14-4-2-3-5-15(14)24-10-21-22-23-24/h2-8,10,12H,9,11H2,1H3,(H,20,25)/t12-/m0/s1. The van der Waals surface area contributed by atoms with Gasteiger partial charge in [0, 0.05) is 6.54 Å². The van der Waals surface area contributed by atoms with E-state index in [0.29, 0.717) is 17.2 Å². The Morgan fingerprint density at radius 3 is 2.86 bits per heavy atom. The average Bonchev–Trinajstić information content (AvgIpc) is 3.43. The molecule has 1 N–H and O–H groups in total. The highest BCUT2D eigenvalue weighted by molar-refractivity contribution is 5.95. The number of nitrogens with zero attached hydrogens (tertiary/aromatic N) is 4. The van der Waals surface area contributed by atoms with Crippen molar-refractivity contribution in [2.75, 3.05) is 6.79 Å². The second-order valence-electron chi connectivity index (χ2n) is 6.22. The topological polar surface area (TPSA) is 117 Å². The molecule has 0 unspecified atom stereocenters. The van der Waals surface area contributed by atoms with E-state index in [0.717, 1.165) is 5.56 Å². The second-order valence-corrected chi connectivity index (χ2v) is 6.22. The van der Waals surface area contributed by atoms with Gasteiger partial charge in [0.2, 0.25) is 6.79 Å². The predicted octanol–water partition coefficient (Wildman–Crippen LogP) is 1.25. The van der Waals surface area contributed by atoms with Gasteiger partial charge in [-0.3, -0.25) is 4.79 Å². The van der Waals surface area contributed by atoms with Crippen molar-refractivity contribution in [1.82, 2.24) is 25.5 Å². The van der Waals surface area contributed by atoms with E-state index in [2.05, 4.69) is 20.8 Å². The third-order valence-electron chi connectivity index (χ3n) is 4.28. The molecule has 0 saturated carbocycles. The van der Waals surface area contributed by atoms with Crippen LogP contribution in [0.1, 0.15) is 22.8 Å². The van der Waals surface area contributed by atoms with Gasteiger partial charge in [-0.15, -0.1) is 5.10 Å². The molecule has 1 aliphatic rings. The number of fused-ring (bicyclic) bond motifs is 1. The van der Waals surface area contributed by atoms with Crippen molar-refractivity contribution in [1.29, 1.82) is 0 Å². The zero-order valence-electron chi connectivity index (χ0n) is 15.4. The van der Waals surface area contributed by atoms with Gasteiger partial charge in [-0.05, 0) is 47.2 Å². The number of para-hydroxylation sites is 1. The molecular formula is C19H17N5O5. The van der Waals surface area contributed by atoms with Gasteiger partial charge in [-0.2, -0.15) is 4.68 Å². The molecule has 148 valence electrons. The van der Waals surface area contributed by atoms with Crippen molar-refractivity contribution in [2.45, 2.75) is 19.6 Å². The number of rotatable bonds is 6. The number of hydrogen-bond donors (Lipinski definition) is 1. The van der Waals surface area contributed by atoms with Crippen LogP contribution in [0, 0.1) is 0 Å². The number of esters is 1. The van der Waals surface area contributed by atoms with Crippen LogP contribution in [0.4, 0.5) is 0 Å². The molecule has 0 aliphatic carbocycles. The molecule has 0 radical (unpaired) electrons. The molecule has 1 amide bonds. The van der Waals surface area contributed by atoms with Crippen molar-refractivity contribution in [3.8, 4) is 17.2 Å². The minimum absolute atomic E-state index is 0.185. The minimum Gasteiger partial charge on any atom is -0.454 e. The van der Waals surface area contributed by atoms with Gasteiger partial charge in [0.25, 0.3) is 5.91 Å². The van der Waals surface area contributed by atoms with Gasteiger partial charge >= 0.3 is 5.97 Å². The number of nitrogens with one attached hydrogen (secondary N) is 1. The normalized spacial score (nSPS) is 13.0. The summed E-state index contributed by atoms with van der Waals surface area (Å²) in [5.41, 5.74) is 1.54. The number of ether oxygens (including phenoxy) is 3. The molecule has 0 saturated heterocycles. The van der Waals surface area contributed by atoms with Gasteiger partial charge in [0.05, 0.1) is 11.3 Å². The molecule has 2 heterocycles. The van der Waals surface area contributed by atoms with E-state index in [-0.39, 0.29) is 18.9 Å². The Hall–Kier alpha value is -3.95. The number of benzene rings is 2. The molecular weight excluding hydrogens is 378 g/mol. The minimum atomic E-state index is -0.988. The zero-order chi connectivity index (χ0) is 20.2. The Morgan fingerprint density at radius 2 is 2.03 bits per heavy atom. The molecule has 0 bridgehead atoms. The lowest BCUT2D eigenvalue weighted by molar-refractivity contribution is -0.129. The van der Waals surface area contributed by atoms with E-state index in [1.54, 1.807) is 36.4 Å². The maximum absolute atomic E-state index is 12.6. The molecule has 3 aromatic rings. The second kappa shape index (κ2) is 7.97. The van der Waals surface area contributed by atoms with Crippen LogP contribution in [0.5, 0.6) is 11.5 Å². The van der Waals surface area contributed by atoms with Crippen molar-refractivity contribution >= 4 is 11.9 Å². The van der Waals surface area contributed by atoms with Crippen molar-refractivity contribution in [3.05, 3.63) is 59.9 Å². The molecule has 10 heteroatoms. The lowest BCUT2D eigenvalue weighted by Gasteiger charge is -2.15. The van der Waals surface area contributed by atoms with Crippen LogP contribution in [0.3, 0.4) is 0 Å². The summed E-state index contributed by atoms with van der Waals surface area (Å²) >= 11 is 0. The molecule has 1 aliphatic heterocycles. The lowest BCUT2D eigenvalue weighted by Crippen LogP contribution is -2.35. The van der Waals surface area contributed by atoms with E-state index in [4.69, 9.17) is 14.2 Å². The molecule has 2 aromatic carbocycles. The van der Waals surface area contributed by atoms with Crippen molar-refractivity contribution < 1.29 is 23.8 Å². The first-order chi connectivity index (χ1) is 14.1. The fourth-order valence-electron chi connectivity index (χ4n) is 2.78. The van der Waals surface area contributed by atoms with Crippen LogP contribution >= 0.6 is 0 Å². The number of tetrazole rings is 1. The number of hydrogen-bond acceptors (Lipinski definition) is 8. The Morgan fingerprint density at radius 1 is 1.21 bits per heavy atom. The first kappa shape index (κ1) is 18.4. The smallest absolute Gasteiger partial charge is 0.341 e. The summed E-state index contributed by atoms with van der Waals surface area (Å²) in [5, 5.41) is 13.6. The third-order valence-corrected chi connectivity index (χ3v) is 4.28. The lowest BCUT2D eigenvalue weighted by atomic mass is 10.2. The van der Waals surface area contributed by atoms with Crippen LogP contribution < -0.4 is 14.8 Å². The van der Waals surface area contributed by atoms with E-state index in [1.165, 1.54) is 17.9 Å². The van der Waals surface area contributed by atoms with Crippen LogP contribution in [0.25, 0.3) is 5.69 Å². The summed E-state index contributed by atoms with van der Waals surface area (Å²) in [6.07, 6.45) is 0.381. The van der Waals surface area contributed by atoms with Gasteiger partial charge in [0.15, 0.2) is 17.6 Å². The summed E-state index contributed by atoms with van der Waals surface area (Å²) in [4.78, 5) is 24.9. The summed E-state index contributed by atoms with van der Waals surface area (Å²) in [5.74, 6) is 0.233. The summed E-state index contributed by atoms with van der Waals surface area (Å²) in [6.45, 7) is 1.95. The number of amides is 1. The Kier molecular flexibility index (Phi) is 5.06. The first-order valence-electron chi connectivity index (χ1n) is 8.81. The highest BCUT2D eigenvalue weighted by Crippen LogP contribution is 2.32. The molecule has 10 nitrogen and oxygen atoms in total. The van der Waals surface area contributed by atoms with Gasteiger partial charge < -0.3 is 19.5 Å². The SMILES string of the molecule is C[C@H](OC(=O)c1ccccc1-n1cnnn1)C(=O)NCc1ccc2c(c1)OCO2. The number of carbonyl (C=O) groups is 2. The zero-order valence-corrected chi connectivity index (χ0v) is 15.4. The van der Waals surface area contributed by atoms with Crippen LogP contribution in [0.15, 0.2) is 48.8 Å². The fourth-order valence-corrected chi connectivity index (χ4v) is 2.78.